The van der Waals surface area contributed by atoms with E-state index in [-0.39, 0.29) is 23.8 Å². The summed E-state index contributed by atoms with van der Waals surface area (Å²) in [6.07, 6.45) is 1.82. The molecule has 3 atom stereocenters. The van der Waals surface area contributed by atoms with Gasteiger partial charge < -0.3 is 15.2 Å². The zero-order chi connectivity index (χ0) is 23.3. The van der Waals surface area contributed by atoms with Crippen molar-refractivity contribution in [3.05, 3.63) is 75.8 Å². The predicted octanol–water partition coefficient (Wildman–Crippen LogP) is 2.97. The molecule has 1 aliphatic rings. The predicted molar refractivity (Wildman–Crippen MR) is 123 cm³/mol. The lowest BCUT2D eigenvalue weighted by Gasteiger charge is -2.31. The van der Waals surface area contributed by atoms with E-state index in [2.05, 4.69) is 10.0 Å². The van der Waals surface area contributed by atoms with Gasteiger partial charge in [0.25, 0.3) is 0 Å². The summed E-state index contributed by atoms with van der Waals surface area (Å²) in [5, 5.41) is 13.3. The van der Waals surface area contributed by atoms with Crippen LogP contribution >= 0.6 is 23.2 Å². The molecule has 0 aliphatic carbocycles. The van der Waals surface area contributed by atoms with Crippen molar-refractivity contribution >= 4 is 39.1 Å². The number of carbonyl (C=O) groups is 1. The molecule has 0 aromatic heterocycles. The molecule has 1 heterocycles. The first-order valence-electron chi connectivity index (χ1n) is 9.92. The average molecular weight is 499 g/mol. The van der Waals surface area contributed by atoms with Gasteiger partial charge in [0, 0.05) is 6.54 Å². The molecular weight excluding hydrogens is 475 g/mol. The van der Waals surface area contributed by atoms with Crippen LogP contribution < -0.4 is 10.0 Å². The second-order valence-electron chi connectivity index (χ2n) is 7.47. The molecule has 0 fully saturated rings. The highest BCUT2D eigenvalue weighted by Gasteiger charge is 2.31. The van der Waals surface area contributed by atoms with Crippen molar-refractivity contribution in [1.29, 1.82) is 0 Å². The Kier molecular flexibility index (Phi) is 8.32. The number of carbonyl (C=O) groups excluding carboxylic acids is 1. The number of rotatable bonds is 8. The number of benzene rings is 2. The van der Waals surface area contributed by atoms with Crippen LogP contribution in [-0.4, -0.2) is 44.3 Å². The van der Waals surface area contributed by atoms with Gasteiger partial charge in [-0.25, -0.2) is 13.1 Å². The molecule has 0 spiro atoms. The minimum Gasteiger partial charge on any atom is -0.394 e. The van der Waals surface area contributed by atoms with Gasteiger partial charge in [0.1, 0.15) is 6.10 Å². The van der Waals surface area contributed by atoms with Crippen LogP contribution in [0.4, 0.5) is 0 Å². The van der Waals surface area contributed by atoms with Gasteiger partial charge in [-0.3, -0.25) is 4.79 Å². The van der Waals surface area contributed by atoms with Crippen LogP contribution in [0, 0.1) is 6.92 Å². The number of halogens is 2. The summed E-state index contributed by atoms with van der Waals surface area (Å²) < 4.78 is 33.5. The van der Waals surface area contributed by atoms with E-state index in [0.717, 1.165) is 11.1 Å². The Morgan fingerprint density at radius 1 is 1.09 bits per heavy atom. The standard InChI is InChI=1S/C22H24Cl2N2O5S/c1-14-2-6-17(7-3-14)32(29,30)26-20-9-5-16(31-21(20)13-27)11-22(28)25-12-15-4-8-18(23)19(24)10-15/h2-10,16,20-21,26-27H,11-13H2,1H3,(H,25,28)/t16-,20-,21-/m1/s1. The molecule has 172 valence electrons. The van der Waals surface area contributed by atoms with Crippen molar-refractivity contribution in [2.45, 2.75) is 43.0 Å². The summed E-state index contributed by atoms with van der Waals surface area (Å²) in [6, 6.07) is 10.8. The number of nitrogens with one attached hydrogen (secondary N) is 2. The number of ether oxygens (including phenoxy) is 1. The molecular formula is C22H24Cl2N2O5S. The van der Waals surface area contributed by atoms with Gasteiger partial charge in [0.05, 0.1) is 40.1 Å². The number of aryl methyl sites for hydroxylation is 1. The fourth-order valence-electron chi connectivity index (χ4n) is 3.18. The minimum absolute atomic E-state index is 0.0196. The first kappa shape index (κ1) is 24.7. The molecule has 1 amide bonds. The van der Waals surface area contributed by atoms with Gasteiger partial charge in [-0.15, -0.1) is 0 Å². The Morgan fingerprint density at radius 3 is 2.47 bits per heavy atom. The molecule has 2 aromatic rings. The Bertz CT molecular complexity index is 1090. The smallest absolute Gasteiger partial charge is 0.241 e. The molecule has 7 nitrogen and oxygen atoms in total. The molecule has 32 heavy (non-hydrogen) atoms. The van der Waals surface area contributed by atoms with Crippen molar-refractivity contribution in [1.82, 2.24) is 10.0 Å². The lowest BCUT2D eigenvalue weighted by Crippen LogP contribution is -2.49. The lowest BCUT2D eigenvalue weighted by atomic mass is 10.1. The van der Waals surface area contributed by atoms with Crippen LogP contribution in [0.3, 0.4) is 0 Å². The fourth-order valence-corrected chi connectivity index (χ4v) is 4.72. The second kappa shape index (κ2) is 10.8. The number of hydrogen-bond acceptors (Lipinski definition) is 5. The van der Waals surface area contributed by atoms with Crippen molar-refractivity contribution in [3.63, 3.8) is 0 Å². The van der Waals surface area contributed by atoms with Crippen molar-refractivity contribution in [3.8, 4) is 0 Å². The van der Waals surface area contributed by atoms with Crippen LogP contribution in [-0.2, 0) is 26.1 Å². The SMILES string of the molecule is Cc1ccc(S(=O)(=O)N[C@@H]2C=C[C@H](CC(=O)NCc3ccc(Cl)c(Cl)c3)O[C@@H]2CO)cc1. The zero-order valence-electron chi connectivity index (χ0n) is 17.3. The third-order valence-electron chi connectivity index (χ3n) is 4.95. The molecule has 0 unspecified atom stereocenters. The monoisotopic (exact) mass is 498 g/mol. The quantitative estimate of drug-likeness (QED) is 0.485. The van der Waals surface area contributed by atoms with Crippen LogP contribution in [0.25, 0.3) is 0 Å². The van der Waals surface area contributed by atoms with Gasteiger partial charge in [-0.2, -0.15) is 0 Å². The topological polar surface area (TPSA) is 105 Å². The fraction of sp³-hybridized carbons (Fsp3) is 0.318. The summed E-state index contributed by atoms with van der Waals surface area (Å²) in [4.78, 5) is 12.4. The summed E-state index contributed by atoms with van der Waals surface area (Å²) in [7, 11) is -3.80. The average Bonchev–Trinajstić information content (AvgIpc) is 2.75. The molecule has 1 aliphatic heterocycles. The third kappa shape index (κ3) is 6.54. The van der Waals surface area contributed by atoms with E-state index in [4.69, 9.17) is 27.9 Å². The van der Waals surface area contributed by atoms with Crippen molar-refractivity contribution in [2.75, 3.05) is 6.61 Å². The van der Waals surface area contributed by atoms with Gasteiger partial charge in [0.2, 0.25) is 15.9 Å². The Morgan fingerprint density at radius 2 is 1.81 bits per heavy atom. The van der Waals surface area contributed by atoms with Crippen LogP contribution in [0.15, 0.2) is 59.5 Å². The molecule has 3 rings (SSSR count). The molecule has 0 bridgehead atoms. The number of sulfonamides is 1. The maximum absolute atomic E-state index is 12.6. The number of aliphatic hydroxyl groups excluding tert-OH is 1. The summed E-state index contributed by atoms with van der Waals surface area (Å²) in [6.45, 7) is 1.73. The van der Waals surface area contributed by atoms with Crippen molar-refractivity contribution < 1.29 is 23.1 Å². The third-order valence-corrected chi connectivity index (χ3v) is 7.16. The molecule has 2 aromatic carbocycles. The largest absolute Gasteiger partial charge is 0.394 e. The first-order valence-corrected chi connectivity index (χ1v) is 12.2. The van der Waals surface area contributed by atoms with E-state index < -0.39 is 34.9 Å². The highest BCUT2D eigenvalue weighted by Crippen LogP contribution is 2.23. The molecule has 10 heteroatoms. The lowest BCUT2D eigenvalue weighted by molar-refractivity contribution is -0.125. The van der Waals surface area contributed by atoms with Gasteiger partial charge >= 0.3 is 0 Å². The highest BCUT2D eigenvalue weighted by atomic mass is 35.5. The molecule has 0 saturated heterocycles. The van der Waals surface area contributed by atoms with E-state index in [1.807, 2.05) is 6.92 Å². The van der Waals surface area contributed by atoms with E-state index in [0.29, 0.717) is 10.0 Å². The summed E-state index contributed by atoms with van der Waals surface area (Å²) in [5.74, 6) is -0.263. The Balaban J connectivity index is 1.57. The molecule has 3 N–H and O–H groups in total. The number of amides is 1. The maximum Gasteiger partial charge on any atom is 0.241 e. The van der Waals surface area contributed by atoms with Crippen LogP contribution in [0.5, 0.6) is 0 Å². The van der Waals surface area contributed by atoms with Gasteiger partial charge in [-0.1, -0.05) is 59.1 Å². The molecule has 0 radical (unpaired) electrons. The summed E-state index contributed by atoms with van der Waals surface area (Å²) >= 11 is 11.9. The number of aliphatic hydroxyl groups is 1. The summed E-state index contributed by atoms with van der Waals surface area (Å²) in [5.41, 5.74) is 1.74. The van der Waals surface area contributed by atoms with E-state index in [1.165, 1.54) is 12.1 Å². The Hall–Kier alpha value is -1.94. The normalized spacial score (nSPS) is 20.8. The van der Waals surface area contributed by atoms with Crippen molar-refractivity contribution in [2.24, 2.45) is 0 Å². The number of hydrogen-bond donors (Lipinski definition) is 3. The minimum atomic E-state index is -3.80. The van der Waals surface area contributed by atoms with Crippen LogP contribution in [0.2, 0.25) is 10.0 Å². The first-order chi connectivity index (χ1) is 15.2. The zero-order valence-corrected chi connectivity index (χ0v) is 19.6. The van der Waals surface area contributed by atoms with Crippen LogP contribution in [0.1, 0.15) is 17.5 Å². The maximum atomic E-state index is 12.6. The Labute approximate surface area is 197 Å². The van der Waals surface area contributed by atoms with Gasteiger partial charge in [-0.05, 0) is 36.8 Å². The van der Waals surface area contributed by atoms with Gasteiger partial charge in [0.15, 0.2) is 0 Å². The van der Waals surface area contributed by atoms with E-state index in [9.17, 15) is 18.3 Å². The molecule has 0 saturated carbocycles. The van der Waals surface area contributed by atoms with E-state index >= 15 is 0 Å². The second-order valence-corrected chi connectivity index (χ2v) is 10.00. The van der Waals surface area contributed by atoms with E-state index in [1.54, 1.807) is 42.5 Å². The highest BCUT2D eigenvalue weighted by molar-refractivity contribution is 7.89.